The average molecular weight is 466 g/mol. The van der Waals surface area contributed by atoms with Gasteiger partial charge in [0.1, 0.15) is 29.2 Å². The maximum atomic E-state index is 11.9. The number of ether oxygens (including phenoxy) is 2. The van der Waals surface area contributed by atoms with Crippen molar-refractivity contribution in [3.63, 3.8) is 0 Å². The van der Waals surface area contributed by atoms with Crippen LogP contribution >= 0.6 is 0 Å². The van der Waals surface area contributed by atoms with Crippen LogP contribution in [0.3, 0.4) is 0 Å². The van der Waals surface area contributed by atoms with Crippen LogP contribution in [0.25, 0.3) is 33.0 Å². The summed E-state index contributed by atoms with van der Waals surface area (Å²) >= 11 is 0. The Hall–Kier alpha value is -4.85. The van der Waals surface area contributed by atoms with Gasteiger partial charge in [-0.25, -0.2) is 9.97 Å². The molecule has 5 aromatic rings. The van der Waals surface area contributed by atoms with Crippen LogP contribution in [0, 0.1) is 0 Å². The van der Waals surface area contributed by atoms with Crippen LogP contribution < -0.4 is 20.1 Å². The molecule has 5 rings (SSSR count). The second-order valence-electron chi connectivity index (χ2n) is 7.70. The third-order valence-corrected chi connectivity index (χ3v) is 5.64. The fraction of sp³-hybridized carbons (Fsp3) is 0.0741. The lowest BCUT2D eigenvalue weighted by molar-refractivity contribution is -0.111. The number of aromatic nitrogens is 2. The number of benzene rings is 3. The maximum absolute atomic E-state index is 11.9. The van der Waals surface area contributed by atoms with Gasteiger partial charge in [-0.05, 0) is 53.6 Å². The normalized spacial score (nSPS) is 10.8. The van der Waals surface area contributed by atoms with Crippen LogP contribution in [0.2, 0.25) is 0 Å². The molecule has 8 nitrogen and oxygen atoms in total. The van der Waals surface area contributed by atoms with E-state index < -0.39 is 0 Å². The molecule has 2 N–H and O–H groups in total. The van der Waals surface area contributed by atoms with Gasteiger partial charge in [-0.15, -0.1) is 0 Å². The molecule has 0 saturated carbocycles. The largest absolute Gasteiger partial charge is 0.495 e. The first-order valence-electron chi connectivity index (χ1n) is 10.8. The SMILES string of the molecule is C=CC(=O)Nc1cc2c(Nc3cc(-c4ccc5occc5c4)ccc3OC)ncnc2cc1OC. The highest BCUT2D eigenvalue weighted by Crippen LogP contribution is 2.37. The lowest BCUT2D eigenvalue weighted by Gasteiger charge is -2.15. The molecule has 174 valence electrons. The molecular formula is C27H22N4O4. The van der Waals surface area contributed by atoms with E-state index in [0.717, 1.165) is 27.8 Å². The maximum Gasteiger partial charge on any atom is 0.247 e. The van der Waals surface area contributed by atoms with E-state index in [1.54, 1.807) is 25.5 Å². The Morgan fingerprint density at radius 3 is 2.54 bits per heavy atom. The Balaban J connectivity index is 1.57. The summed E-state index contributed by atoms with van der Waals surface area (Å²) in [5, 5.41) is 7.85. The van der Waals surface area contributed by atoms with Crippen molar-refractivity contribution in [2.45, 2.75) is 0 Å². The summed E-state index contributed by atoms with van der Waals surface area (Å²) in [7, 11) is 3.14. The number of fused-ring (bicyclic) bond motifs is 2. The summed E-state index contributed by atoms with van der Waals surface area (Å²) in [5.74, 6) is 1.33. The van der Waals surface area contributed by atoms with E-state index in [4.69, 9.17) is 13.9 Å². The zero-order valence-electron chi connectivity index (χ0n) is 19.2. The first kappa shape index (κ1) is 22.0. The van der Waals surface area contributed by atoms with Gasteiger partial charge < -0.3 is 24.5 Å². The van der Waals surface area contributed by atoms with Crippen LogP contribution in [0.15, 0.2) is 84.3 Å². The molecule has 0 aliphatic rings. The van der Waals surface area contributed by atoms with Gasteiger partial charge in [-0.3, -0.25) is 4.79 Å². The van der Waals surface area contributed by atoms with E-state index in [-0.39, 0.29) is 5.91 Å². The highest BCUT2D eigenvalue weighted by molar-refractivity contribution is 6.03. The van der Waals surface area contributed by atoms with Gasteiger partial charge in [0.05, 0.1) is 37.4 Å². The number of nitrogens with one attached hydrogen (secondary N) is 2. The molecule has 0 aliphatic heterocycles. The van der Waals surface area contributed by atoms with Gasteiger partial charge in [-0.1, -0.05) is 18.7 Å². The van der Waals surface area contributed by atoms with Crippen LogP contribution in [0.5, 0.6) is 11.5 Å². The predicted octanol–water partition coefficient (Wildman–Crippen LogP) is 5.93. The van der Waals surface area contributed by atoms with Crippen molar-refractivity contribution in [3.8, 4) is 22.6 Å². The number of hydrogen-bond acceptors (Lipinski definition) is 7. The van der Waals surface area contributed by atoms with E-state index in [1.807, 2.05) is 36.4 Å². The second-order valence-corrected chi connectivity index (χ2v) is 7.70. The quantitative estimate of drug-likeness (QED) is 0.287. The summed E-state index contributed by atoms with van der Waals surface area (Å²) in [6.45, 7) is 3.50. The Labute approximate surface area is 201 Å². The number of nitrogens with zero attached hydrogens (tertiary/aromatic N) is 2. The molecule has 8 heteroatoms. The summed E-state index contributed by atoms with van der Waals surface area (Å²) in [5.41, 5.74) is 4.73. The molecule has 3 aromatic carbocycles. The number of hydrogen-bond donors (Lipinski definition) is 2. The average Bonchev–Trinajstić information content (AvgIpc) is 3.36. The van der Waals surface area contributed by atoms with Crippen LogP contribution in [0.4, 0.5) is 17.2 Å². The molecule has 0 atom stereocenters. The predicted molar refractivity (Wildman–Crippen MR) is 136 cm³/mol. The molecule has 1 amide bonds. The molecule has 0 spiro atoms. The second kappa shape index (κ2) is 9.18. The minimum Gasteiger partial charge on any atom is -0.495 e. The molecule has 2 aromatic heterocycles. The van der Waals surface area contributed by atoms with Crippen molar-refractivity contribution in [3.05, 3.63) is 79.8 Å². The summed E-state index contributed by atoms with van der Waals surface area (Å²) in [6.07, 6.45) is 4.34. The number of furan rings is 1. The minimum atomic E-state index is -0.349. The van der Waals surface area contributed by atoms with E-state index in [2.05, 4.69) is 33.2 Å². The fourth-order valence-electron chi connectivity index (χ4n) is 3.89. The van der Waals surface area contributed by atoms with E-state index in [9.17, 15) is 4.79 Å². The number of anilines is 3. The molecule has 0 radical (unpaired) electrons. The van der Waals surface area contributed by atoms with Crippen molar-refractivity contribution in [1.29, 1.82) is 0 Å². The molecule has 0 saturated heterocycles. The van der Waals surface area contributed by atoms with Crippen molar-refractivity contribution < 1.29 is 18.7 Å². The van der Waals surface area contributed by atoms with Crippen LogP contribution in [-0.2, 0) is 4.79 Å². The molecular weight excluding hydrogens is 444 g/mol. The lowest BCUT2D eigenvalue weighted by Crippen LogP contribution is -2.09. The van der Waals surface area contributed by atoms with Gasteiger partial charge in [0, 0.05) is 16.8 Å². The van der Waals surface area contributed by atoms with Crippen LogP contribution in [-0.4, -0.2) is 30.1 Å². The minimum absolute atomic E-state index is 0.349. The summed E-state index contributed by atoms with van der Waals surface area (Å²) in [6, 6.07) is 17.4. The van der Waals surface area contributed by atoms with Gasteiger partial charge in [0.2, 0.25) is 5.91 Å². The zero-order valence-corrected chi connectivity index (χ0v) is 19.2. The van der Waals surface area contributed by atoms with E-state index in [0.29, 0.717) is 33.9 Å². The Morgan fingerprint density at radius 2 is 1.74 bits per heavy atom. The third-order valence-electron chi connectivity index (χ3n) is 5.64. The van der Waals surface area contributed by atoms with Gasteiger partial charge in [0.25, 0.3) is 0 Å². The first-order chi connectivity index (χ1) is 17.1. The number of carbonyl (C=O) groups excluding carboxylic acids is 1. The molecule has 0 unspecified atom stereocenters. The van der Waals surface area contributed by atoms with Gasteiger partial charge in [0.15, 0.2) is 0 Å². The fourth-order valence-corrected chi connectivity index (χ4v) is 3.89. The first-order valence-corrected chi connectivity index (χ1v) is 10.8. The van der Waals surface area contributed by atoms with Gasteiger partial charge >= 0.3 is 0 Å². The number of amides is 1. The van der Waals surface area contributed by atoms with Gasteiger partial charge in [-0.2, -0.15) is 0 Å². The zero-order chi connectivity index (χ0) is 24.4. The molecule has 0 aliphatic carbocycles. The highest BCUT2D eigenvalue weighted by Gasteiger charge is 2.14. The third kappa shape index (κ3) is 4.24. The molecule has 0 fully saturated rings. The van der Waals surface area contributed by atoms with Crippen molar-refractivity contribution in [1.82, 2.24) is 9.97 Å². The summed E-state index contributed by atoms with van der Waals surface area (Å²) in [4.78, 5) is 20.7. The van der Waals surface area contributed by atoms with E-state index >= 15 is 0 Å². The molecule has 2 heterocycles. The Morgan fingerprint density at radius 1 is 0.943 bits per heavy atom. The number of methoxy groups -OCH3 is 2. The molecule has 0 bridgehead atoms. The number of rotatable bonds is 7. The monoisotopic (exact) mass is 466 g/mol. The van der Waals surface area contributed by atoms with Crippen molar-refractivity contribution in [2.75, 3.05) is 24.9 Å². The number of carbonyl (C=O) groups is 1. The standard InChI is InChI=1S/C27H22N4O4/c1-4-26(32)30-22-13-19-20(14-25(22)34-3)28-15-29-27(19)31-21-12-17(6-8-24(21)33-2)16-5-7-23-18(11-16)9-10-35-23/h4-15H,1H2,2-3H3,(H,30,32)(H,28,29,31). The smallest absolute Gasteiger partial charge is 0.247 e. The summed E-state index contributed by atoms with van der Waals surface area (Å²) < 4.78 is 16.5. The van der Waals surface area contributed by atoms with Crippen molar-refractivity contribution >= 4 is 45.0 Å². The Bertz CT molecular complexity index is 1570. The highest BCUT2D eigenvalue weighted by atomic mass is 16.5. The topological polar surface area (TPSA) is 98.5 Å². The van der Waals surface area contributed by atoms with Crippen LogP contribution in [0.1, 0.15) is 0 Å². The van der Waals surface area contributed by atoms with E-state index in [1.165, 1.54) is 19.5 Å². The van der Waals surface area contributed by atoms with Crippen molar-refractivity contribution in [2.24, 2.45) is 0 Å². The lowest BCUT2D eigenvalue weighted by atomic mass is 10.0. The Kier molecular flexibility index (Phi) is 5.76. The molecule has 35 heavy (non-hydrogen) atoms.